The van der Waals surface area contributed by atoms with Crippen molar-refractivity contribution in [3.63, 3.8) is 0 Å². The van der Waals surface area contributed by atoms with E-state index in [0.29, 0.717) is 0 Å². The number of aromatic nitrogens is 2. The zero-order chi connectivity index (χ0) is 11.9. The Morgan fingerprint density at radius 3 is 2.82 bits per heavy atom. The van der Waals surface area contributed by atoms with Gasteiger partial charge in [0.2, 0.25) is 0 Å². The second kappa shape index (κ2) is 3.74. The van der Waals surface area contributed by atoms with Crippen LogP contribution >= 0.6 is 0 Å². The van der Waals surface area contributed by atoms with E-state index in [1.165, 1.54) is 0 Å². The molecule has 1 aliphatic rings. The van der Waals surface area contributed by atoms with Crippen LogP contribution < -0.4 is 5.32 Å². The fraction of sp³-hybridized carbons (Fsp3) is 0.462. The van der Waals surface area contributed by atoms with Gasteiger partial charge in [-0.05, 0) is 38.1 Å². The highest BCUT2D eigenvalue weighted by atomic mass is 16.3. The summed E-state index contributed by atoms with van der Waals surface area (Å²) in [6.45, 7) is 4.34. The van der Waals surface area contributed by atoms with Crippen molar-refractivity contribution in [2.45, 2.75) is 25.2 Å². The highest BCUT2D eigenvalue weighted by molar-refractivity contribution is 5.76. The third-order valence-corrected chi connectivity index (χ3v) is 3.74. The molecule has 1 aliphatic heterocycles. The number of aromatic hydroxyl groups is 1. The Kier molecular flexibility index (Phi) is 2.33. The van der Waals surface area contributed by atoms with E-state index >= 15 is 0 Å². The molecule has 2 heterocycles. The lowest BCUT2D eigenvalue weighted by atomic mass is 9.80. The smallest absolute Gasteiger partial charge is 0.117 e. The minimum Gasteiger partial charge on any atom is -0.508 e. The van der Waals surface area contributed by atoms with Crippen LogP contribution in [0.3, 0.4) is 0 Å². The lowest BCUT2D eigenvalue weighted by Gasteiger charge is -2.32. The molecule has 4 heteroatoms. The average Bonchev–Trinajstić information content (AvgIpc) is 2.73. The van der Waals surface area contributed by atoms with Crippen LogP contribution in [-0.2, 0) is 5.41 Å². The number of rotatable bonds is 1. The Morgan fingerprint density at radius 2 is 2.06 bits per heavy atom. The SMILES string of the molecule is CC1(c2nc3ccc(O)cc3[nH]2)CCNCC1. The van der Waals surface area contributed by atoms with E-state index in [-0.39, 0.29) is 11.2 Å². The van der Waals surface area contributed by atoms with Gasteiger partial charge >= 0.3 is 0 Å². The summed E-state index contributed by atoms with van der Waals surface area (Å²) in [6, 6.07) is 5.27. The molecular formula is C13H17N3O. The van der Waals surface area contributed by atoms with Gasteiger partial charge in [0.25, 0.3) is 0 Å². The second-order valence-corrected chi connectivity index (χ2v) is 5.10. The number of aromatic amines is 1. The summed E-state index contributed by atoms with van der Waals surface area (Å²) in [5, 5.41) is 12.8. The highest BCUT2D eigenvalue weighted by Crippen LogP contribution is 2.32. The van der Waals surface area contributed by atoms with Crippen LogP contribution in [0.15, 0.2) is 18.2 Å². The quantitative estimate of drug-likeness (QED) is 0.702. The van der Waals surface area contributed by atoms with Gasteiger partial charge in [-0.15, -0.1) is 0 Å². The Hall–Kier alpha value is -1.55. The standard InChI is InChI=1S/C13H17N3O/c1-13(4-6-14-7-5-13)12-15-10-3-2-9(17)8-11(10)16-12/h2-3,8,14,17H,4-7H2,1H3,(H,15,16). The fourth-order valence-electron chi connectivity index (χ4n) is 2.50. The van der Waals surface area contributed by atoms with Crippen LogP contribution in [0, 0.1) is 0 Å². The first-order valence-electron chi connectivity index (χ1n) is 6.07. The molecule has 0 unspecified atom stereocenters. The van der Waals surface area contributed by atoms with E-state index in [9.17, 15) is 5.11 Å². The second-order valence-electron chi connectivity index (χ2n) is 5.10. The number of piperidine rings is 1. The van der Waals surface area contributed by atoms with E-state index in [0.717, 1.165) is 42.8 Å². The van der Waals surface area contributed by atoms with Gasteiger partial charge in [-0.25, -0.2) is 4.98 Å². The van der Waals surface area contributed by atoms with Gasteiger partial charge in [0.15, 0.2) is 0 Å². The van der Waals surface area contributed by atoms with Gasteiger partial charge in [-0.2, -0.15) is 0 Å². The predicted molar refractivity (Wildman–Crippen MR) is 67.2 cm³/mol. The van der Waals surface area contributed by atoms with Gasteiger partial charge in [-0.1, -0.05) is 6.92 Å². The molecule has 17 heavy (non-hydrogen) atoms. The third-order valence-electron chi connectivity index (χ3n) is 3.74. The number of phenols is 1. The monoisotopic (exact) mass is 231 g/mol. The summed E-state index contributed by atoms with van der Waals surface area (Å²) in [4.78, 5) is 8.00. The lowest BCUT2D eigenvalue weighted by molar-refractivity contribution is 0.321. The molecule has 0 aliphatic carbocycles. The molecule has 1 saturated heterocycles. The van der Waals surface area contributed by atoms with Gasteiger partial charge < -0.3 is 15.4 Å². The molecule has 0 bridgehead atoms. The number of hydrogen-bond donors (Lipinski definition) is 3. The summed E-state index contributed by atoms with van der Waals surface area (Å²) >= 11 is 0. The van der Waals surface area contributed by atoms with Gasteiger partial charge in [0.1, 0.15) is 11.6 Å². The molecule has 0 saturated carbocycles. The number of nitrogens with zero attached hydrogens (tertiary/aromatic N) is 1. The van der Waals surface area contributed by atoms with E-state index in [1.54, 1.807) is 12.1 Å². The zero-order valence-electron chi connectivity index (χ0n) is 9.95. The lowest BCUT2D eigenvalue weighted by Crippen LogP contribution is -2.38. The molecule has 1 fully saturated rings. The van der Waals surface area contributed by atoms with Crippen LogP contribution in [0.4, 0.5) is 0 Å². The summed E-state index contributed by atoms with van der Waals surface area (Å²) in [5.74, 6) is 1.32. The summed E-state index contributed by atoms with van der Waals surface area (Å²) in [5.41, 5.74) is 1.97. The van der Waals surface area contributed by atoms with Crippen molar-refractivity contribution in [2.75, 3.05) is 13.1 Å². The Bertz CT molecular complexity index is 541. The fourth-order valence-corrected chi connectivity index (χ4v) is 2.50. The molecule has 4 nitrogen and oxygen atoms in total. The summed E-state index contributed by atoms with van der Waals surface area (Å²) in [6.07, 6.45) is 2.19. The highest BCUT2D eigenvalue weighted by Gasteiger charge is 2.31. The molecule has 2 aromatic rings. The van der Waals surface area contributed by atoms with E-state index in [4.69, 9.17) is 0 Å². The molecule has 3 N–H and O–H groups in total. The molecule has 3 rings (SSSR count). The zero-order valence-corrected chi connectivity index (χ0v) is 9.95. The Morgan fingerprint density at radius 1 is 1.29 bits per heavy atom. The molecular weight excluding hydrogens is 214 g/mol. The molecule has 0 spiro atoms. The first-order valence-corrected chi connectivity index (χ1v) is 6.07. The maximum Gasteiger partial charge on any atom is 0.117 e. The number of nitrogens with one attached hydrogen (secondary N) is 2. The molecule has 0 atom stereocenters. The number of hydrogen-bond acceptors (Lipinski definition) is 3. The minimum atomic E-state index is 0.125. The van der Waals surface area contributed by atoms with Crippen LogP contribution in [-0.4, -0.2) is 28.2 Å². The van der Waals surface area contributed by atoms with Crippen molar-refractivity contribution in [3.8, 4) is 5.75 Å². The first kappa shape index (κ1) is 10.6. The van der Waals surface area contributed by atoms with E-state index in [2.05, 4.69) is 22.2 Å². The Balaban J connectivity index is 2.05. The number of benzene rings is 1. The van der Waals surface area contributed by atoms with E-state index < -0.39 is 0 Å². The summed E-state index contributed by atoms with van der Waals surface area (Å²) in [7, 11) is 0. The maximum absolute atomic E-state index is 9.46. The van der Waals surface area contributed by atoms with Crippen LogP contribution in [0.5, 0.6) is 5.75 Å². The van der Waals surface area contributed by atoms with Crippen molar-refractivity contribution in [1.29, 1.82) is 0 Å². The molecule has 90 valence electrons. The van der Waals surface area contributed by atoms with Crippen molar-refractivity contribution in [1.82, 2.24) is 15.3 Å². The predicted octanol–water partition coefficient (Wildman–Crippen LogP) is 1.91. The number of fused-ring (bicyclic) bond motifs is 1. The van der Waals surface area contributed by atoms with E-state index in [1.807, 2.05) is 6.07 Å². The number of H-pyrrole nitrogens is 1. The molecule has 1 aromatic carbocycles. The number of phenolic OH excluding ortho intramolecular Hbond substituents is 1. The van der Waals surface area contributed by atoms with Crippen molar-refractivity contribution in [2.24, 2.45) is 0 Å². The summed E-state index contributed by atoms with van der Waals surface area (Å²) < 4.78 is 0. The number of imidazole rings is 1. The normalized spacial score (nSPS) is 19.6. The molecule has 1 aromatic heterocycles. The van der Waals surface area contributed by atoms with Gasteiger partial charge in [0.05, 0.1) is 11.0 Å². The maximum atomic E-state index is 9.46. The Labute approximate surface area is 100 Å². The minimum absolute atomic E-state index is 0.125. The van der Waals surface area contributed by atoms with Crippen molar-refractivity contribution >= 4 is 11.0 Å². The van der Waals surface area contributed by atoms with Gasteiger partial charge in [-0.3, -0.25) is 0 Å². The van der Waals surface area contributed by atoms with Crippen LogP contribution in [0.1, 0.15) is 25.6 Å². The van der Waals surface area contributed by atoms with Crippen LogP contribution in [0.25, 0.3) is 11.0 Å². The molecule has 0 radical (unpaired) electrons. The average molecular weight is 231 g/mol. The van der Waals surface area contributed by atoms with Gasteiger partial charge in [0, 0.05) is 11.5 Å². The largest absolute Gasteiger partial charge is 0.508 e. The third kappa shape index (κ3) is 1.78. The topological polar surface area (TPSA) is 60.9 Å². The van der Waals surface area contributed by atoms with Crippen molar-refractivity contribution in [3.05, 3.63) is 24.0 Å². The van der Waals surface area contributed by atoms with Crippen LogP contribution in [0.2, 0.25) is 0 Å². The first-order chi connectivity index (χ1) is 8.17. The van der Waals surface area contributed by atoms with Crippen molar-refractivity contribution < 1.29 is 5.11 Å². The molecule has 0 amide bonds.